The molecule has 0 radical (unpaired) electrons. The average molecular weight is 356 g/mol. The number of nitrogens with one attached hydrogen (secondary N) is 1. The van der Waals surface area contributed by atoms with Gasteiger partial charge in [0.2, 0.25) is 0 Å². The Bertz CT molecular complexity index is 797. The van der Waals surface area contributed by atoms with Gasteiger partial charge in [-0.1, -0.05) is 24.3 Å². The van der Waals surface area contributed by atoms with Crippen LogP contribution < -0.4 is 10.1 Å². The lowest BCUT2D eigenvalue weighted by Gasteiger charge is -2.31. The third-order valence-corrected chi connectivity index (χ3v) is 4.67. The molecular weight excluding hydrogens is 332 g/mol. The summed E-state index contributed by atoms with van der Waals surface area (Å²) in [4.78, 5) is 26.2. The fourth-order valence-electron chi connectivity index (χ4n) is 3.25. The molecule has 2 aromatic rings. The summed E-state index contributed by atoms with van der Waals surface area (Å²) in [6.07, 6.45) is 1.13. The van der Waals surface area contributed by atoms with Crippen LogP contribution in [0.1, 0.15) is 30.1 Å². The van der Waals surface area contributed by atoms with Crippen molar-refractivity contribution >= 4 is 22.8 Å². The van der Waals surface area contributed by atoms with Gasteiger partial charge < -0.3 is 19.7 Å². The molecule has 0 aromatic heterocycles. The maximum absolute atomic E-state index is 12.8. The number of methoxy groups -OCH3 is 1. The van der Waals surface area contributed by atoms with Gasteiger partial charge in [0.1, 0.15) is 5.75 Å². The van der Waals surface area contributed by atoms with E-state index in [1.54, 1.807) is 18.9 Å². The first-order chi connectivity index (χ1) is 12.6. The van der Waals surface area contributed by atoms with Gasteiger partial charge in [0.05, 0.1) is 19.3 Å². The first-order valence-corrected chi connectivity index (χ1v) is 8.91. The molecule has 1 fully saturated rings. The van der Waals surface area contributed by atoms with Gasteiger partial charge in [-0.05, 0) is 42.7 Å². The van der Waals surface area contributed by atoms with Crippen LogP contribution in [0, 0.1) is 0 Å². The van der Waals surface area contributed by atoms with Gasteiger partial charge in [0.25, 0.3) is 5.91 Å². The minimum atomic E-state index is -0.284. The lowest BCUT2D eigenvalue weighted by molar-refractivity contribution is 0.0858. The van der Waals surface area contributed by atoms with Gasteiger partial charge in [-0.2, -0.15) is 0 Å². The van der Waals surface area contributed by atoms with E-state index in [9.17, 15) is 9.59 Å². The number of hydrogen-bond donors (Lipinski definition) is 1. The van der Waals surface area contributed by atoms with E-state index in [1.165, 1.54) is 0 Å². The summed E-state index contributed by atoms with van der Waals surface area (Å²) in [5.74, 6) is 0.410. The first kappa shape index (κ1) is 18.0. The van der Waals surface area contributed by atoms with E-state index in [-0.39, 0.29) is 18.0 Å². The van der Waals surface area contributed by atoms with Crippen LogP contribution in [0.15, 0.2) is 36.4 Å². The second-order valence-electron chi connectivity index (χ2n) is 6.33. The Morgan fingerprint density at radius 1 is 1.15 bits per heavy atom. The summed E-state index contributed by atoms with van der Waals surface area (Å²) < 4.78 is 10.4. The van der Waals surface area contributed by atoms with Crippen molar-refractivity contribution in [1.29, 1.82) is 0 Å². The average Bonchev–Trinajstić information content (AvgIpc) is 2.67. The Labute approximate surface area is 153 Å². The SMILES string of the molecule is CCOC(=O)N1CCC(NC(=O)c2cc3ccccc3cc2OC)CC1. The zero-order valence-electron chi connectivity index (χ0n) is 15.2. The number of carbonyl (C=O) groups excluding carboxylic acids is 2. The lowest BCUT2D eigenvalue weighted by atomic mass is 10.0. The highest BCUT2D eigenvalue weighted by Crippen LogP contribution is 2.26. The van der Waals surface area contributed by atoms with E-state index in [1.807, 2.05) is 36.4 Å². The van der Waals surface area contributed by atoms with Crippen molar-refractivity contribution in [2.24, 2.45) is 0 Å². The Hall–Kier alpha value is -2.76. The number of piperidine rings is 1. The fraction of sp³-hybridized carbons (Fsp3) is 0.400. The van der Waals surface area contributed by atoms with Crippen molar-refractivity contribution in [2.75, 3.05) is 26.8 Å². The monoisotopic (exact) mass is 356 g/mol. The Morgan fingerprint density at radius 2 is 1.81 bits per heavy atom. The molecule has 3 rings (SSSR count). The molecule has 2 amide bonds. The van der Waals surface area contributed by atoms with Crippen LogP contribution in [-0.2, 0) is 4.74 Å². The zero-order chi connectivity index (χ0) is 18.5. The van der Waals surface area contributed by atoms with Crippen molar-refractivity contribution in [3.8, 4) is 5.75 Å². The predicted molar refractivity (Wildman–Crippen MR) is 99.6 cm³/mol. The van der Waals surface area contributed by atoms with Gasteiger partial charge in [-0.25, -0.2) is 4.79 Å². The van der Waals surface area contributed by atoms with Gasteiger partial charge in [-0.3, -0.25) is 4.79 Å². The minimum absolute atomic E-state index is 0.0318. The standard InChI is InChI=1S/C20H24N2O4/c1-3-26-20(24)22-10-8-16(9-11-22)21-19(23)17-12-14-6-4-5-7-15(14)13-18(17)25-2/h4-7,12-13,16H,3,8-11H2,1-2H3,(H,21,23). The third kappa shape index (κ3) is 3.90. The Kier molecular flexibility index (Phi) is 5.61. The van der Waals surface area contributed by atoms with E-state index >= 15 is 0 Å². The van der Waals surface area contributed by atoms with Gasteiger partial charge in [-0.15, -0.1) is 0 Å². The molecule has 1 saturated heterocycles. The third-order valence-electron chi connectivity index (χ3n) is 4.67. The molecule has 6 heteroatoms. The lowest BCUT2D eigenvalue weighted by Crippen LogP contribution is -2.46. The number of nitrogens with zero attached hydrogens (tertiary/aromatic N) is 1. The van der Waals surface area contributed by atoms with E-state index in [0.29, 0.717) is 43.9 Å². The highest BCUT2D eigenvalue weighted by molar-refractivity contribution is 6.01. The number of hydrogen-bond acceptors (Lipinski definition) is 4. The van der Waals surface area contributed by atoms with Gasteiger partial charge in [0.15, 0.2) is 0 Å². The van der Waals surface area contributed by atoms with Crippen molar-refractivity contribution < 1.29 is 19.1 Å². The van der Waals surface area contributed by atoms with Gasteiger partial charge in [0, 0.05) is 19.1 Å². The largest absolute Gasteiger partial charge is 0.496 e. The minimum Gasteiger partial charge on any atom is -0.496 e. The number of amides is 2. The number of benzene rings is 2. The summed E-state index contributed by atoms with van der Waals surface area (Å²) in [6, 6.07) is 11.6. The smallest absolute Gasteiger partial charge is 0.409 e. The fourth-order valence-corrected chi connectivity index (χ4v) is 3.25. The van der Waals surface area contributed by atoms with Crippen LogP contribution in [0.3, 0.4) is 0 Å². The summed E-state index contributed by atoms with van der Waals surface area (Å²) in [7, 11) is 1.57. The van der Waals surface area contributed by atoms with Crippen molar-refractivity contribution in [3.05, 3.63) is 42.0 Å². The molecule has 138 valence electrons. The molecule has 0 atom stereocenters. The molecule has 0 spiro atoms. The molecule has 1 N–H and O–H groups in total. The Balaban J connectivity index is 1.67. The maximum atomic E-state index is 12.8. The van der Waals surface area contributed by atoms with Crippen LogP contribution in [0.2, 0.25) is 0 Å². The van der Waals surface area contributed by atoms with E-state index in [2.05, 4.69) is 5.32 Å². The summed E-state index contributed by atoms with van der Waals surface area (Å²) >= 11 is 0. The molecule has 0 aliphatic carbocycles. The zero-order valence-corrected chi connectivity index (χ0v) is 15.2. The normalized spacial score (nSPS) is 14.9. The van der Waals surface area contributed by atoms with E-state index < -0.39 is 0 Å². The van der Waals surface area contributed by atoms with Crippen LogP contribution in [0.25, 0.3) is 10.8 Å². The predicted octanol–water partition coefficient (Wildman–Crippen LogP) is 3.20. The number of likely N-dealkylation sites (tertiary alicyclic amines) is 1. The molecule has 0 bridgehead atoms. The molecule has 6 nitrogen and oxygen atoms in total. The second-order valence-corrected chi connectivity index (χ2v) is 6.33. The van der Waals surface area contributed by atoms with Crippen molar-refractivity contribution in [2.45, 2.75) is 25.8 Å². The highest BCUT2D eigenvalue weighted by atomic mass is 16.6. The molecular formula is C20H24N2O4. The second kappa shape index (κ2) is 8.08. The summed E-state index contributed by atoms with van der Waals surface area (Å²) in [5, 5.41) is 5.10. The Morgan fingerprint density at radius 3 is 2.42 bits per heavy atom. The topological polar surface area (TPSA) is 67.9 Å². The highest BCUT2D eigenvalue weighted by Gasteiger charge is 2.25. The van der Waals surface area contributed by atoms with E-state index in [0.717, 1.165) is 10.8 Å². The van der Waals surface area contributed by atoms with E-state index in [4.69, 9.17) is 9.47 Å². The number of ether oxygens (including phenoxy) is 2. The summed E-state index contributed by atoms with van der Waals surface area (Å²) in [5.41, 5.74) is 0.527. The quantitative estimate of drug-likeness (QED) is 0.913. The molecule has 0 unspecified atom stereocenters. The van der Waals surface area contributed by atoms with Gasteiger partial charge >= 0.3 is 6.09 Å². The number of fused-ring (bicyclic) bond motifs is 1. The van der Waals surface area contributed by atoms with Crippen molar-refractivity contribution in [3.63, 3.8) is 0 Å². The van der Waals surface area contributed by atoms with Crippen LogP contribution in [0.5, 0.6) is 5.75 Å². The molecule has 2 aromatic carbocycles. The molecule has 1 heterocycles. The molecule has 1 aliphatic rings. The maximum Gasteiger partial charge on any atom is 0.409 e. The first-order valence-electron chi connectivity index (χ1n) is 8.91. The molecule has 1 aliphatic heterocycles. The summed E-state index contributed by atoms with van der Waals surface area (Å²) in [6.45, 7) is 3.33. The molecule has 26 heavy (non-hydrogen) atoms. The number of carbonyl (C=O) groups is 2. The van der Waals surface area contributed by atoms with Crippen LogP contribution >= 0.6 is 0 Å². The number of rotatable bonds is 4. The molecule has 0 saturated carbocycles. The van der Waals surface area contributed by atoms with Crippen molar-refractivity contribution in [1.82, 2.24) is 10.2 Å². The van der Waals surface area contributed by atoms with Crippen LogP contribution in [0.4, 0.5) is 4.79 Å². The van der Waals surface area contributed by atoms with Crippen LogP contribution in [-0.4, -0.2) is 49.7 Å².